The van der Waals surface area contributed by atoms with Crippen LogP contribution in [-0.2, 0) is 11.8 Å². The summed E-state index contributed by atoms with van der Waals surface area (Å²) in [7, 11) is 0. The molecule has 0 saturated carbocycles. The molecule has 0 aromatic heterocycles. The standard InChI is InChI=1S/C29H41NO4/c1-10-11-12-22-13-15-23(16-14-22)27(31)33-25-18-24(29(7,8)9)17-21(6)26(25)34-28(32)30(19(2)3)20(4)5/h13-20H,10-12H2,1-9H3. The average molecular weight is 468 g/mol. The molecule has 0 aliphatic carbocycles. The van der Waals surface area contributed by atoms with Crippen molar-refractivity contribution < 1.29 is 19.1 Å². The highest BCUT2D eigenvalue weighted by molar-refractivity contribution is 5.91. The number of rotatable bonds is 8. The molecule has 2 aromatic carbocycles. The van der Waals surface area contributed by atoms with Gasteiger partial charge < -0.3 is 14.4 Å². The smallest absolute Gasteiger partial charge is 0.415 e. The molecule has 34 heavy (non-hydrogen) atoms. The molecule has 0 saturated heterocycles. The maximum Gasteiger partial charge on any atom is 0.415 e. The van der Waals surface area contributed by atoms with Crippen LogP contribution >= 0.6 is 0 Å². The summed E-state index contributed by atoms with van der Waals surface area (Å²) in [5, 5.41) is 0. The number of amides is 1. The van der Waals surface area contributed by atoms with Gasteiger partial charge in [0, 0.05) is 12.1 Å². The quantitative estimate of drug-likeness (QED) is 0.298. The Labute approximate surface area is 205 Å². The Balaban J connectivity index is 2.41. The summed E-state index contributed by atoms with van der Waals surface area (Å²) < 4.78 is 11.7. The third-order valence-corrected chi connectivity index (χ3v) is 5.83. The molecule has 0 radical (unpaired) electrons. The van der Waals surface area contributed by atoms with E-state index in [1.165, 1.54) is 5.56 Å². The molecule has 2 aromatic rings. The second-order valence-electron chi connectivity index (χ2n) is 10.5. The van der Waals surface area contributed by atoms with Crippen LogP contribution in [0.2, 0.25) is 0 Å². The minimum Gasteiger partial charge on any atom is -0.419 e. The molecule has 0 N–H and O–H groups in total. The number of nitrogens with zero attached hydrogens (tertiary/aromatic N) is 1. The summed E-state index contributed by atoms with van der Waals surface area (Å²) in [6.45, 7) is 18.1. The second kappa shape index (κ2) is 11.5. The van der Waals surface area contributed by atoms with E-state index in [0.717, 1.165) is 30.4 Å². The Kier molecular flexibility index (Phi) is 9.31. The number of benzene rings is 2. The number of aryl methyl sites for hydroxylation is 2. The molecule has 0 atom stereocenters. The van der Waals surface area contributed by atoms with Gasteiger partial charge in [-0.2, -0.15) is 0 Å². The third-order valence-electron chi connectivity index (χ3n) is 5.83. The molecule has 0 heterocycles. The van der Waals surface area contributed by atoms with Crippen molar-refractivity contribution in [3.63, 3.8) is 0 Å². The van der Waals surface area contributed by atoms with E-state index in [2.05, 4.69) is 27.7 Å². The molecule has 5 nitrogen and oxygen atoms in total. The van der Waals surface area contributed by atoms with E-state index < -0.39 is 12.1 Å². The number of carbonyl (C=O) groups excluding carboxylic acids is 2. The zero-order valence-electron chi connectivity index (χ0n) is 22.3. The van der Waals surface area contributed by atoms with Crippen LogP contribution in [0.1, 0.15) is 95.3 Å². The van der Waals surface area contributed by atoms with Crippen LogP contribution < -0.4 is 9.47 Å². The lowest BCUT2D eigenvalue weighted by atomic mass is 9.86. The van der Waals surface area contributed by atoms with Crippen LogP contribution in [0.25, 0.3) is 0 Å². The Bertz CT molecular complexity index is 976. The van der Waals surface area contributed by atoms with E-state index >= 15 is 0 Å². The maximum atomic E-state index is 13.0. The number of unbranched alkanes of at least 4 members (excludes halogenated alkanes) is 1. The van der Waals surface area contributed by atoms with Crippen LogP contribution in [0.15, 0.2) is 36.4 Å². The van der Waals surface area contributed by atoms with Crippen molar-refractivity contribution in [1.82, 2.24) is 4.90 Å². The topological polar surface area (TPSA) is 55.8 Å². The molecular formula is C29H41NO4. The summed E-state index contributed by atoms with van der Waals surface area (Å²) in [4.78, 5) is 27.7. The van der Waals surface area contributed by atoms with Crippen molar-refractivity contribution in [1.29, 1.82) is 0 Å². The molecule has 2 rings (SSSR count). The lowest BCUT2D eigenvalue weighted by molar-refractivity contribution is 0.0723. The Morgan fingerprint density at radius 3 is 2.03 bits per heavy atom. The van der Waals surface area contributed by atoms with Crippen LogP contribution in [-0.4, -0.2) is 29.0 Å². The van der Waals surface area contributed by atoms with Gasteiger partial charge in [0.25, 0.3) is 0 Å². The normalized spacial score (nSPS) is 11.6. The first-order valence-corrected chi connectivity index (χ1v) is 12.3. The first-order valence-electron chi connectivity index (χ1n) is 12.3. The van der Waals surface area contributed by atoms with E-state index in [-0.39, 0.29) is 29.0 Å². The van der Waals surface area contributed by atoms with Crippen molar-refractivity contribution in [3.8, 4) is 11.5 Å². The summed E-state index contributed by atoms with van der Waals surface area (Å²) in [5.74, 6) is 0.0531. The number of ether oxygens (including phenoxy) is 2. The average Bonchev–Trinajstić information content (AvgIpc) is 2.73. The zero-order chi connectivity index (χ0) is 25.6. The largest absolute Gasteiger partial charge is 0.419 e. The summed E-state index contributed by atoms with van der Waals surface area (Å²) in [6.07, 6.45) is 2.76. The van der Waals surface area contributed by atoms with Crippen LogP contribution in [0.4, 0.5) is 4.79 Å². The van der Waals surface area contributed by atoms with E-state index in [1.54, 1.807) is 23.1 Å². The number of carbonyl (C=O) groups is 2. The van der Waals surface area contributed by atoms with Gasteiger partial charge in [-0.15, -0.1) is 0 Å². The number of hydrogen-bond acceptors (Lipinski definition) is 4. The Morgan fingerprint density at radius 1 is 0.941 bits per heavy atom. The van der Waals surface area contributed by atoms with E-state index in [4.69, 9.17) is 9.47 Å². The minimum atomic E-state index is -0.477. The van der Waals surface area contributed by atoms with Crippen LogP contribution in [0.3, 0.4) is 0 Å². The molecular weight excluding hydrogens is 426 g/mol. The number of esters is 1. The fraction of sp³-hybridized carbons (Fsp3) is 0.517. The highest BCUT2D eigenvalue weighted by atomic mass is 16.6. The van der Waals surface area contributed by atoms with Gasteiger partial charge in [-0.05, 0) is 87.8 Å². The number of hydrogen-bond donors (Lipinski definition) is 0. The van der Waals surface area contributed by atoms with E-state index in [1.807, 2.05) is 52.8 Å². The summed E-state index contributed by atoms with van der Waals surface area (Å²) in [5.41, 5.74) is 3.22. The van der Waals surface area contributed by atoms with Crippen molar-refractivity contribution in [2.75, 3.05) is 0 Å². The summed E-state index contributed by atoms with van der Waals surface area (Å²) in [6, 6.07) is 11.2. The lowest BCUT2D eigenvalue weighted by Crippen LogP contribution is -2.43. The van der Waals surface area contributed by atoms with Crippen molar-refractivity contribution >= 4 is 12.1 Å². The van der Waals surface area contributed by atoms with Crippen LogP contribution in [0.5, 0.6) is 11.5 Å². The third kappa shape index (κ3) is 7.09. The van der Waals surface area contributed by atoms with Gasteiger partial charge in [0.15, 0.2) is 11.5 Å². The minimum absolute atomic E-state index is 0.0288. The second-order valence-corrected chi connectivity index (χ2v) is 10.5. The van der Waals surface area contributed by atoms with Gasteiger partial charge in [0.05, 0.1) is 5.56 Å². The first kappa shape index (κ1) is 27.4. The molecule has 0 aliphatic heterocycles. The molecule has 0 bridgehead atoms. The predicted molar refractivity (Wildman–Crippen MR) is 138 cm³/mol. The van der Waals surface area contributed by atoms with Gasteiger partial charge >= 0.3 is 12.1 Å². The first-order chi connectivity index (χ1) is 15.8. The van der Waals surface area contributed by atoms with Crippen molar-refractivity contribution in [2.45, 2.75) is 99.1 Å². The van der Waals surface area contributed by atoms with E-state index in [0.29, 0.717) is 5.56 Å². The molecule has 0 spiro atoms. The van der Waals surface area contributed by atoms with Crippen molar-refractivity contribution in [3.05, 3.63) is 58.7 Å². The predicted octanol–water partition coefficient (Wildman–Crippen LogP) is 7.47. The molecule has 0 unspecified atom stereocenters. The monoisotopic (exact) mass is 467 g/mol. The van der Waals surface area contributed by atoms with Crippen LogP contribution in [0, 0.1) is 6.92 Å². The van der Waals surface area contributed by atoms with Gasteiger partial charge in [0.1, 0.15) is 0 Å². The highest BCUT2D eigenvalue weighted by Crippen LogP contribution is 2.37. The molecule has 186 valence electrons. The molecule has 5 heteroatoms. The van der Waals surface area contributed by atoms with Crippen molar-refractivity contribution in [2.24, 2.45) is 0 Å². The van der Waals surface area contributed by atoms with Gasteiger partial charge in [0.2, 0.25) is 0 Å². The maximum absolute atomic E-state index is 13.0. The highest BCUT2D eigenvalue weighted by Gasteiger charge is 2.27. The Morgan fingerprint density at radius 2 is 1.53 bits per heavy atom. The molecule has 1 amide bonds. The van der Waals surface area contributed by atoms with Gasteiger partial charge in [-0.3, -0.25) is 0 Å². The lowest BCUT2D eigenvalue weighted by Gasteiger charge is -2.30. The Hall–Kier alpha value is -2.82. The zero-order valence-corrected chi connectivity index (χ0v) is 22.3. The molecule has 0 aliphatic rings. The molecule has 0 fully saturated rings. The summed E-state index contributed by atoms with van der Waals surface area (Å²) >= 11 is 0. The SMILES string of the molecule is CCCCc1ccc(C(=O)Oc2cc(C(C)(C)C)cc(C)c2OC(=O)N(C(C)C)C(C)C)cc1. The van der Waals surface area contributed by atoms with Gasteiger partial charge in [-0.25, -0.2) is 9.59 Å². The van der Waals surface area contributed by atoms with Gasteiger partial charge in [-0.1, -0.05) is 52.3 Å². The fourth-order valence-corrected chi connectivity index (χ4v) is 3.89. The fourth-order valence-electron chi connectivity index (χ4n) is 3.89. The van der Waals surface area contributed by atoms with E-state index in [9.17, 15) is 9.59 Å².